The van der Waals surface area contributed by atoms with Crippen LogP contribution < -0.4 is 0 Å². The Morgan fingerprint density at radius 2 is 1.62 bits per heavy atom. The maximum absolute atomic E-state index is 13.1. The standard InChI is InChI=1S/C31H36O/c1-3-7-22-13-15-23(16-14-22)8-6-11-28-26-10-5-4-9-24(26)19-29(28)31-27-17-12-21(2)18-25(27)20-30(31)32/h4-5,9-12,17-18,22-23H,3,6-8,13-16,19-20H2,1-2H3. The van der Waals surface area contributed by atoms with Crippen molar-refractivity contribution in [2.75, 3.05) is 0 Å². The summed E-state index contributed by atoms with van der Waals surface area (Å²) in [7, 11) is 0. The fourth-order valence-electron chi connectivity index (χ4n) is 6.38. The summed E-state index contributed by atoms with van der Waals surface area (Å²) >= 11 is 0. The highest BCUT2D eigenvalue weighted by Gasteiger charge is 2.32. The van der Waals surface area contributed by atoms with E-state index in [4.69, 9.17) is 0 Å². The summed E-state index contributed by atoms with van der Waals surface area (Å²) in [5.41, 5.74) is 9.91. The van der Waals surface area contributed by atoms with Gasteiger partial charge in [-0.1, -0.05) is 99.6 Å². The van der Waals surface area contributed by atoms with Crippen LogP contribution in [0, 0.1) is 18.8 Å². The molecule has 0 aliphatic heterocycles. The number of rotatable bonds is 5. The molecule has 3 aliphatic rings. The number of Topliss-reactive ketones (excluding diaryl/α,β-unsaturated/α-hetero) is 1. The van der Waals surface area contributed by atoms with E-state index in [9.17, 15) is 4.79 Å². The van der Waals surface area contributed by atoms with Gasteiger partial charge in [-0.05, 0) is 71.4 Å². The molecule has 0 N–H and O–H groups in total. The molecule has 1 nitrogen and oxygen atoms in total. The van der Waals surface area contributed by atoms with Crippen LogP contribution in [0.5, 0.6) is 0 Å². The first-order valence-electron chi connectivity index (χ1n) is 12.8. The van der Waals surface area contributed by atoms with E-state index in [1.54, 1.807) is 0 Å². The maximum Gasteiger partial charge on any atom is 0.168 e. The largest absolute Gasteiger partial charge is 0.294 e. The zero-order valence-electron chi connectivity index (χ0n) is 19.8. The summed E-state index contributed by atoms with van der Waals surface area (Å²) in [6.45, 7) is 4.43. The van der Waals surface area contributed by atoms with Gasteiger partial charge in [-0.25, -0.2) is 0 Å². The van der Waals surface area contributed by atoms with Gasteiger partial charge in [0.25, 0.3) is 0 Å². The topological polar surface area (TPSA) is 17.1 Å². The minimum atomic E-state index is 0.300. The molecular formula is C31H36O. The van der Waals surface area contributed by atoms with Crippen molar-refractivity contribution in [3.8, 4) is 0 Å². The molecule has 3 aliphatic carbocycles. The molecule has 0 bridgehead atoms. The monoisotopic (exact) mass is 424 g/mol. The van der Waals surface area contributed by atoms with Crippen molar-refractivity contribution in [2.45, 2.75) is 78.1 Å². The molecule has 1 heteroatoms. The van der Waals surface area contributed by atoms with Crippen molar-refractivity contribution in [3.63, 3.8) is 0 Å². The minimum absolute atomic E-state index is 0.300. The van der Waals surface area contributed by atoms with Crippen LogP contribution in [0.1, 0.15) is 86.1 Å². The Balaban J connectivity index is 1.41. The van der Waals surface area contributed by atoms with Gasteiger partial charge < -0.3 is 0 Å². The van der Waals surface area contributed by atoms with E-state index < -0.39 is 0 Å². The van der Waals surface area contributed by atoms with Crippen molar-refractivity contribution in [1.82, 2.24) is 0 Å². The number of ketones is 1. The molecule has 1 saturated carbocycles. The van der Waals surface area contributed by atoms with E-state index in [1.807, 2.05) is 0 Å². The van der Waals surface area contributed by atoms with Gasteiger partial charge in [0.15, 0.2) is 5.78 Å². The molecule has 0 saturated heterocycles. The number of hydrogen-bond acceptors (Lipinski definition) is 1. The van der Waals surface area contributed by atoms with Crippen molar-refractivity contribution in [2.24, 2.45) is 11.8 Å². The van der Waals surface area contributed by atoms with Crippen molar-refractivity contribution in [3.05, 3.63) is 81.9 Å². The first-order chi connectivity index (χ1) is 15.6. The molecule has 0 unspecified atom stereocenters. The molecular weight excluding hydrogens is 388 g/mol. The first kappa shape index (κ1) is 21.4. The number of hydrogen-bond donors (Lipinski definition) is 0. The van der Waals surface area contributed by atoms with Gasteiger partial charge in [-0.2, -0.15) is 0 Å². The Bertz CT molecular complexity index is 1080. The Labute approximate surface area is 193 Å². The van der Waals surface area contributed by atoms with Crippen LogP contribution in [0.3, 0.4) is 0 Å². The van der Waals surface area contributed by atoms with E-state index in [0.717, 1.165) is 30.3 Å². The highest BCUT2D eigenvalue weighted by molar-refractivity contribution is 6.28. The summed E-state index contributed by atoms with van der Waals surface area (Å²) in [6, 6.07) is 15.3. The molecule has 1 fully saturated rings. The molecule has 0 atom stereocenters. The molecule has 5 rings (SSSR count). The molecule has 0 amide bonds. The normalized spacial score (nSPS) is 25.9. The Hall–Kier alpha value is -2.41. The molecule has 32 heavy (non-hydrogen) atoms. The smallest absolute Gasteiger partial charge is 0.168 e. The van der Waals surface area contributed by atoms with E-state index >= 15 is 0 Å². The van der Waals surface area contributed by atoms with Gasteiger partial charge in [0.1, 0.15) is 0 Å². The first-order valence-corrected chi connectivity index (χ1v) is 12.8. The van der Waals surface area contributed by atoms with E-state index in [2.05, 4.69) is 62.4 Å². The summed E-state index contributed by atoms with van der Waals surface area (Å²) in [4.78, 5) is 13.1. The van der Waals surface area contributed by atoms with Crippen molar-refractivity contribution in [1.29, 1.82) is 0 Å². The van der Waals surface area contributed by atoms with E-state index in [-0.39, 0.29) is 0 Å². The lowest BCUT2D eigenvalue weighted by Crippen LogP contribution is -2.14. The molecule has 0 aromatic heterocycles. The van der Waals surface area contributed by atoms with Crippen LogP contribution in [-0.2, 0) is 17.6 Å². The third-order valence-electron chi connectivity index (χ3n) is 8.05. The zero-order valence-corrected chi connectivity index (χ0v) is 19.8. The summed E-state index contributed by atoms with van der Waals surface area (Å²) < 4.78 is 0. The Kier molecular flexibility index (Phi) is 6.17. The molecule has 2 aromatic carbocycles. The van der Waals surface area contributed by atoms with Gasteiger partial charge >= 0.3 is 0 Å². The van der Waals surface area contributed by atoms with Crippen LogP contribution in [0.25, 0.3) is 11.1 Å². The number of allylic oxidation sites excluding steroid dienone is 4. The SMILES string of the molecule is CCCC1CCC(CCC=C2C(=C3C(=O)Cc4cc(C)ccc43)Cc3ccccc32)CC1. The van der Waals surface area contributed by atoms with Gasteiger partial charge in [0.05, 0.1) is 0 Å². The van der Waals surface area contributed by atoms with Gasteiger partial charge in [0.2, 0.25) is 0 Å². The fraction of sp³-hybridized carbons (Fsp3) is 0.452. The lowest BCUT2D eigenvalue weighted by molar-refractivity contribution is -0.112. The quantitative estimate of drug-likeness (QED) is 0.446. The Morgan fingerprint density at radius 3 is 2.41 bits per heavy atom. The van der Waals surface area contributed by atoms with Crippen LogP contribution in [0.4, 0.5) is 0 Å². The highest BCUT2D eigenvalue weighted by Crippen LogP contribution is 2.44. The van der Waals surface area contributed by atoms with Gasteiger partial charge in [-0.3, -0.25) is 4.79 Å². The zero-order chi connectivity index (χ0) is 22.1. The number of carbonyl (C=O) groups is 1. The number of carbonyl (C=O) groups excluding carboxylic acids is 1. The van der Waals surface area contributed by atoms with Crippen LogP contribution >= 0.6 is 0 Å². The second-order valence-electron chi connectivity index (χ2n) is 10.3. The number of benzene rings is 2. The molecule has 2 aromatic rings. The average molecular weight is 425 g/mol. The summed E-state index contributed by atoms with van der Waals surface area (Å²) in [6.07, 6.45) is 14.7. The second kappa shape index (κ2) is 9.22. The minimum Gasteiger partial charge on any atom is -0.294 e. The summed E-state index contributed by atoms with van der Waals surface area (Å²) in [5, 5.41) is 0. The lowest BCUT2D eigenvalue weighted by Gasteiger charge is -2.28. The molecule has 0 radical (unpaired) electrons. The van der Waals surface area contributed by atoms with E-state index in [1.165, 1.54) is 83.9 Å². The predicted molar refractivity (Wildman–Crippen MR) is 135 cm³/mol. The average Bonchev–Trinajstić information content (AvgIpc) is 3.31. The molecule has 0 spiro atoms. The maximum atomic E-state index is 13.1. The van der Waals surface area contributed by atoms with Crippen LogP contribution in [0.2, 0.25) is 0 Å². The van der Waals surface area contributed by atoms with Crippen LogP contribution in [0.15, 0.2) is 54.1 Å². The van der Waals surface area contributed by atoms with Crippen molar-refractivity contribution < 1.29 is 4.79 Å². The third-order valence-corrected chi connectivity index (χ3v) is 8.05. The molecule has 166 valence electrons. The summed E-state index contributed by atoms with van der Waals surface area (Å²) in [5.74, 6) is 2.16. The highest BCUT2D eigenvalue weighted by atomic mass is 16.1. The number of aryl methyl sites for hydroxylation is 1. The Morgan fingerprint density at radius 1 is 0.875 bits per heavy atom. The lowest BCUT2D eigenvalue weighted by atomic mass is 9.78. The predicted octanol–water partition coefficient (Wildman–Crippen LogP) is 7.90. The van der Waals surface area contributed by atoms with Crippen LogP contribution in [-0.4, -0.2) is 5.78 Å². The third kappa shape index (κ3) is 4.15. The van der Waals surface area contributed by atoms with Gasteiger partial charge in [-0.15, -0.1) is 0 Å². The second-order valence-corrected chi connectivity index (χ2v) is 10.3. The molecule has 0 heterocycles. The van der Waals surface area contributed by atoms with Crippen molar-refractivity contribution >= 4 is 16.9 Å². The van der Waals surface area contributed by atoms with E-state index in [0.29, 0.717) is 12.2 Å². The number of fused-ring (bicyclic) bond motifs is 2. The fourth-order valence-corrected chi connectivity index (χ4v) is 6.38. The van der Waals surface area contributed by atoms with Gasteiger partial charge in [0, 0.05) is 12.0 Å².